The van der Waals surface area contributed by atoms with Gasteiger partial charge in [0.1, 0.15) is 16.5 Å². The van der Waals surface area contributed by atoms with Crippen LogP contribution in [0.25, 0.3) is 21.3 Å². The molecule has 1 fully saturated rings. The Balaban J connectivity index is 1.91. The number of rotatable bonds is 2. The number of hydrogen-bond donors (Lipinski definition) is 1. The SMILES string of the molecule is Cc1sc2nc(C3CCCC3)[nH]c(=O)c2c1-c1ccc(F)cc1. The van der Waals surface area contributed by atoms with E-state index in [-0.39, 0.29) is 11.4 Å². The Hall–Kier alpha value is -2.01. The number of thiophene rings is 1. The number of aromatic amines is 1. The molecule has 0 unspecified atom stereocenters. The summed E-state index contributed by atoms with van der Waals surface area (Å²) in [6.07, 6.45) is 4.61. The van der Waals surface area contributed by atoms with E-state index in [1.54, 1.807) is 23.5 Å². The van der Waals surface area contributed by atoms with Crippen LogP contribution >= 0.6 is 11.3 Å². The Labute approximate surface area is 137 Å². The summed E-state index contributed by atoms with van der Waals surface area (Å²) in [6, 6.07) is 6.28. The van der Waals surface area contributed by atoms with Crippen molar-refractivity contribution >= 4 is 21.6 Å². The first-order valence-electron chi connectivity index (χ1n) is 7.93. The second kappa shape index (κ2) is 5.57. The number of nitrogens with zero attached hydrogens (tertiary/aromatic N) is 1. The van der Waals surface area contributed by atoms with Crippen molar-refractivity contribution in [1.29, 1.82) is 0 Å². The molecule has 0 atom stereocenters. The molecule has 1 N–H and O–H groups in total. The highest BCUT2D eigenvalue weighted by Crippen LogP contribution is 2.37. The zero-order valence-corrected chi connectivity index (χ0v) is 13.7. The standard InChI is InChI=1S/C18H17FN2OS/c1-10-14(11-6-8-13(19)9-7-11)15-17(22)20-16(21-18(15)23-10)12-4-2-3-5-12/h6-9,12H,2-5H2,1H3,(H,20,21,22). The van der Waals surface area contributed by atoms with Gasteiger partial charge >= 0.3 is 0 Å². The van der Waals surface area contributed by atoms with Gasteiger partial charge in [-0.15, -0.1) is 11.3 Å². The van der Waals surface area contributed by atoms with Crippen molar-refractivity contribution in [1.82, 2.24) is 9.97 Å². The summed E-state index contributed by atoms with van der Waals surface area (Å²) in [5.41, 5.74) is 1.65. The van der Waals surface area contributed by atoms with Gasteiger partial charge in [-0.2, -0.15) is 0 Å². The number of benzene rings is 1. The van der Waals surface area contributed by atoms with E-state index in [0.29, 0.717) is 11.3 Å². The molecule has 0 spiro atoms. The van der Waals surface area contributed by atoms with Crippen LogP contribution in [0.5, 0.6) is 0 Å². The molecule has 4 rings (SSSR count). The Morgan fingerprint density at radius 3 is 2.61 bits per heavy atom. The monoisotopic (exact) mass is 328 g/mol. The first-order valence-corrected chi connectivity index (χ1v) is 8.74. The molecule has 3 aromatic rings. The molecule has 1 aromatic carbocycles. The molecule has 0 saturated heterocycles. The van der Waals surface area contributed by atoms with Crippen LogP contribution in [0.3, 0.4) is 0 Å². The van der Waals surface area contributed by atoms with Crippen molar-refractivity contribution in [2.75, 3.05) is 0 Å². The summed E-state index contributed by atoms with van der Waals surface area (Å²) in [4.78, 5) is 22.2. The van der Waals surface area contributed by atoms with E-state index in [0.717, 1.165) is 39.5 Å². The van der Waals surface area contributed by atoms with Crippen LogP contribution in [-0.4, -0.2) is 9.97 Å². The van der Waals surface area contributed by atoms with E-state index < -0.39 is 0 Å². The summed E-state index contributed by atoms with van der Waals surface area (Å²) >= 11 is 1.54. The van der Waals surface area contributed by atoms with Gasteiger partial charge in [-0.25, -0.2) is 9.37 Å². The fourth-order valence-corrected chi connectivity index (χ4v) is 4.55. The number of aryl methyl sites for hydroxylation is 1. The van der Waals surface area contributed by atoms with E-state index in [1.165, 1.54) is 25.0 Å². The minimum atomic E-state index is -0.276. The third-order valence-corrected chi connectivity index (χ3v) is 5.63. The van der Waals surface area contributed by atoms with E-state index in [9.17, 15) is 9.18 Å². The van der Waals surface area contributed by atoms with Crippen molar-refractivity contribution in [3.05, 3.63) is 51.1 Å². The van der Waals surface area contributed by atoms with Gasteiger partial charge < -0.3 is 4.98 Å². The number of hydrogen-bond acceptors (Lipinski definition) is 3. The number of nitrogens with one attached hydrogen (secondary N) is 1. The van der Waals surface area contributed by atoms with Crippen LogP contribution in [0.1, 0.15) is 42.3 Å². The summed E-state index contributed by atoms with van der Waals surface area (Å²) in [7, 11) is 0. The fraction of sp³-hybridized carbons (Fsp3) is 0.333. The minimum absolute atomic E-state index is 0.0828. The Morgan fingerprint density at radius 1 is 1.22 bits per heavy atom. The van der Waals surface area contributed by atoms with Crippen molar-refractivity contribution < 1.29 is 4.39 Å². The average Bonchev–Trinajstić information content (AvgIpc) is 3.15. The topological polar surface area (TPSA) is 45.8 Å². The van der Waals surface area contributed by atoms with Crippen molar-refractivity contribution in [2.45, 2.75) is 38.5 Å². The Morgan fingerprint density at radius 2 is 1.91 bits per heavy atom. The quantitative estimate of drug-likeness (QED) is 0.737. The van der Waals surface area contributed by atoms with Gasteiger partial charge in [0.2, 0.25) is 0 Å². The zero-order chi connectivity index (χ0) is 16.0. The largest absolute Gasteiger partial charge is 0.310 e. The molecule has 118 valence electrons. The fourth-order valence-electron chi connectivity index (χ4n) is 3.49. The van der Waals surface area contributed by atoms with Gasteiger partial charge in [0.05, 0.1) is 5.39 Å². The Bertz CT molecular complexity index is 921. The van der Waals surface area contributed by atoms with Gasteiger partial charge in [0.25, 0.3) is 5.56 Å². The molecule has 0 aliphatic heterocycles. The normalized spacial score (nSPS) is 15.6. The molecule has 2 aromatic heterocycles. The summed E-state index contributed by atoms with van der Waals surface area (Å²) in [6.45, 7) is 1.99. The van der Waals surface area contributed by atoms with Crippen LogP contribution in [0.4, 0.5) is 4.39 Å². The van der Waals surface area contributed by atoms with Gasteiger partial charge in [-0.05, 0) is 37.5 Å². The highest BCUT2D eigenvalue weighted by molar-refractivity contribution is 7.19. The zero-order valence-electron chi connectivity index (χ0n) is 12.9. The van der Waals surface area contributed by atoms with Crippen LogP contribution in [0.2, 0.25) is 0 Å². The third-order valence-electron chi connectivity index (χ3n) is 4.63. The summed E-state index contributed by atoms with van der Waals surface area (Å²) < 4.78 is 13.2. The molecule has 1 aliphatic rings. The van der Waals surface area contributed by atoms with Crippen molar-refractivity contribution in [2.24, 2.45) is 0 Å². The minimum Gasteiger partial charge on any atom is -0.310 e. The second-order valence-corrected chi connectivity index (χ2v) is 7.36. The molecule has 1 aliphatic carbocycles. The predicted molar refractivity (Wildman–Crippen MR) is 91.6 cm³/mol. The van der Waals surface area contributed by atoms with Gasteiger partial charge in [-0.1, -0.05) is 25.0 Å². The molecule has 3 nitrogen and oxygen atoms in total. The summed E-state index contributed by atoms with van der Waals surface area (Å²) in [5.74, 6) is 0.928. The molecule has 0 bridgehead atoms. The molecule has 0 radical (unpaired) electrons. The van der Waals surface area contributed by atoms with Crippen LogP contribution in [0, 0.1) is 12.7 Å². The maximum absolute atomic E-state index is 13.2. The lowest BCUT2D eigenvalue weighted by molar-refractivity contribution is 0.628. The van der Waals surface area contributed by atoms with Crippen LogP contribution in [0.15, 0.2) is 29.1 Å². The van der Waals surface area contributed by atoms with Crippen LogP contribution in [-0.2, 0) is 0 Å². The Kier molecular flexibility index (Phi) is 3.53. The molecule has 1 saturated carbocycles. The van der Waals surface area contributed by atoms with Crippen LogP contribution < -0.4 is 5.56 Å². The van der Waals surface area contributed by atoms with Crippen molar-refractivity contribution in [3.63, 3.8) is 0 Å². The molecular formula is C18H17FN2OS. The van der Waals surface area contributed by atoms with E-state index in [4.69, 9.17) is 4.98 Å². The highest BCUT2D eigenvalue weighted by Gasteiger charge is 2.22. The number of H-pyrrole nitrogens is 1. The lowest BCUT2D eigenvalue weighted by Crippen LogP contribution is -2.13. The molecule has 23 heavy (non-hydrogen) atoms. The molecule has 0 amide bonds. The summed E-state index contributed by atoms with van der Waals surface area (Å²) in [5, 5.41) is 0.626. The predicted octanol–water partition coefficient (Wildman–Crippen LogP) is 4.76. The van der Waals surface area contributed by atoms with Gasteiger partial charge in [0, 0.05) is 16.4 Å². The number of halogens is 1. The van der Waals surface area contributed by atoms with E-state index in [1.807, 2.05) is 6.92 Å². The lowest BCUT2D eigenvalue weighted by atomic mass is 10.0. The molecular weight excluding hydrogens is 311 g/mol. The molecule has 2 heterocycles. The number of fused-ring (bicyclic) bond motifs is 1. The highest BCUT2D eigenvalue weighted by atomic mass is 32.1. The molecule has 5 heteroatoms. The first-order chi connectivity index (χ1) is 11.1. The van der Waals surface area contributed by atoms with E-state index >= 15 is 0 Å². The van der Waals surface area contributed by atoms with Gasteiger partial charge in [0.15, 0.2) is 0 Å². The van der Waals surface area contributed by atoms with Gasteiger partial charge in [-0.3, -0.25) is 4.79 Å². The number of aromatic nitrogens is 2. The second-order valence-electron chi connectivity index (χ2n) is 6.15. The first kappa shape index (κ1) is 14.6. The lowest BCUT2D eigenvalue weighted by Gasteiger charge is -2.08. The van der Waals surface area contributed by atoms with E-state index in [2.05, 4.69) is 4.98 Å². The maximum Gasteiger partial charge on any atom is 0.260 e. The van der Waals surface area contributed by atoms with Crippen molar-refractivity contribution in [3.8, 4) is 11.1 Å². The average molecular weight is 328 g/mol. The third kappa shape index (κ3) is 2.49. The smallest absolute Gasteiger partial charge is 0.260 e. The maximum atomic E-state index is 13.2.